The van der Waals surface area contributed by atoms with Gasteiger partial charge in [0.1, 0.15) is 18.3 Å². The second kappa shape index (κ2) is 16.5. The summed E-state index contributed by atoms with van der Waals surface area (Å²) in [7, 11) is -4.17. The Labute approximate surface area is 284 Å². The van der Waals surface area contributed by atoms with Crippen molar-refractivity contribution in [1.82, 2.24) is 10.2 Å². The van der Waals surface area contributed by atoms with E-state index in [-0.39, 0.29) is 29.8 Å². The Morgan fingerprint density at radius 3 is 2.06 bits per heavy atom. The van der Waals surface area contributed by atoms with E-state index >= 15 is 0 Å². The van der Waals surface area contributed by atoms with Crippen molar-refractivity contribution < 1.29 is 22.7 Å². The summed E-state index contributed by atoms with van der Waals surface area (Å²) in [5, 5.41) is 3.25. The Bertz CT molecular complexity index is 1720. The van der Waals surface area contributed by atoms with E-state index in [1.807, 2.05) is 68.4 Å². The van der Waals surface area contributed by atoms with Gasteiger partial charge in [-0.2, -0.15) is 0 Å². The number of anilines is 1. The van der Waals surface area contributed by atoms with Crippen molar-refractivity contribution in [3.8, 4) is 5.75 Å². The lowest BCUT2D eigenvalue weighted by Gasteiger charge is -2.35. The number of aryl methyl sites for hydroxylation is 1. The average Bonchev–Trinajstić information content (AvgIpc) is 3.11. The first-order chi connectivity index (χ1) is 23.2. The van der Waals surface area contributed by atoms with Crippen molar-refractivity contribution in [2.24, 2.45) is 0 Å². The largest absolute Gasteiger partial charge is 0.494 e. The van der Waals surface area contributed by atoms with Gasteiger partial charge in [-0.25, -0.2) is 8.42 Å². The molecule has 0 spiro atoms. The van der Waals surface area contributed by atoms with Crippen molar-refractivity contribution in [3.05, 3.63) is 126 Å². The zero-order chi connectivity index (χ0) is 33.9. The zero-order valence-corrected chi connectivity index (χ0v) is 28.6. The number of carbonyl (C=O) groups is 2. The van der Waals surface area contributed by atoms with Crippen LogP contribution in [0.25, 0.3) is 0 Å². The molecule has 0 heterocycles. The number of rotatable bonds is 14. The summed E-state index contributed by atoms with van der Waals surface area (Å²) < 4.78 is 35.1. The van der Waals surface area contributed by atoms with Gasteiger partial charge in [-0.15, -0.1) is 0 Å². The maximum atomic E-state index is 14.7. The van der Waals surface area contributed by atoms with Gasteiger partial charge in [-0.05, 0) is 74.2 Å². The highest BCUT2D eigenvalue weighted by Gasteiger charge is 2.35. The summed E-state index contributed by atoms with van der Waals surface area (Å²) in [6.07, 6.45) is 5.33. The van der Waals surface area contributed by atoms with Crippen molar-refractivity contribution in [2.75, 3.05) is 17.5 Å². The molecule has 0 saturated heterocycles. The Kier molecular flexibility index (Phi) is 11.9. The Morgan fingerprint density at radius 2 is 1.44 bits per heavy atom. The molecule has 0 aromatic heterocycles. The average molecular weight is 668 g/mol. The lowest BCUT2D eigenvalue weighted by atomic mass is 9.94. The summed E-state index contributed by atoms with van der Waals surface area (Å²) in [5.41, 5.74) is 3.14. The molecule has 1 unspecified atom stereocenters. The lowest BCUT2D eigenvalue weighted by molar-refractivity contribution is -0.140. The highest BCUT2D eigenvalue weighted by Crippen LogP contribution is 2.27. The predicted molar refractivity (Wildman–Crippen MR) is 189 cm³/mol. The molecule has 1 aliphatic rings. The van der Waals surface area contributed by atoms with Crippen LogP contribution in [0.5, 0.6) is 5.75 Å². The summed E-state index contributed by atoms with van der Waals surface area (Å²) in [6.45, 7) is 3.96. The normalized spacial score (nSPS) is 14.1. The molecule has 48 heavy (non-hydrogen) atoms. The van der Waals surface area contributed by atoms with Crippen LogP contribution in [0.3, 0.4) is 0 Å². The summed E-state index contributed by atoms with van der Waals surface area (Å²) in [4.78, 5) is 30.5. The molecule has 4 aromatic carbocycles. The van der Waals surface area contributed by atoms with Crippen LogP contribution in [0.2, 0.25) is 0 Å². The SMILES string of the molecule is CCOc1ccc(N(CC(=O)N(Cc2ccc(C)cc2)C(Cc2ccccc2)C(=O)NC2CCCCC2)S(=O)(=O)c2ccccc2)cc1. The molecular formula is C39H45N3O5S. The number of sulfonamides is 1. The topological polar surface area (TPSA) is 96.0 Å². The number of carbonyl (C=O) groups excluding carboxylic acids is 2. The second-order valence-electron chi connectivity index (χ2n) is 12.3. The van der Waals surface area contributed by atoms with Crippen LogP contribution in [0.4, 0.5) is 5.69 Å². The fourth-order valence-electron chi connectivity index (χ4n) is 6.11. The second-order valence-corrected chi connectivity index (χ2v) is 14.2. The fraction of sp³-hybridized carbons (Fsp3) is 0.333. The van der Waals surface area contributed by atoms with E-state index in [9.17, 15) is 18.0 Å². The van der Waals surface area contributed by atoms with Crippen LogP contribution in [0.1, 0.15) is 55.7 Å². The van der Waals surface area contributed by atoms with Gasteiger partial charge in [-0.3, -0.25) is 13.9 Å². The number of ether oxygens (including phenoxy) is 1. The van der Waals surface area contributed by atoms with Crippen molar-refractivity contribution in [3.63, 3.8) is 0 Å². The smallest absolute Gasteiger partial charge is 0.264 e. The van der Waals surface area contributed by atoms with Gasteiger partial charge >= 0.3 is 0 Å². The fourth-order valence-corrected chi connectivity index (χ4v) is 7.55. The van der Waals surface area contributed by atoms with Gasteiger partial charge < -0.3 is 15.0 Å². The van der Waals surface area contributed by atoms with Gasteiger partial charge in [0.05, 0.1) is 17.2 Å². The molecule has 0 bridgehead atoms. The van der Waals surface area contributed by atoms with Gasteiger partial charge in [-0.1, -0.05) is 97.6 Å². The summed E-state index contributed by atoms with van der Waals surface area (Å²) in [6, 6.07) is 31.4. The minimum Gasteiger partial charge on any atom is -0.494 e. The standard InChI is InChI=1S/C39H45N3O5S/c1-3-47-35-25-23-34(24-26-35)42(48(45,46)36-17-11-6-12-18-36)29-38(43)41(28-32-21-19-30(2)20-22-32)37(27-31-13-7-4-8-14-31)39(44)40-33-15-9-5-10-16-33/h4,6-8,11-14,17-26,33,37H,3,5,9-10,15-16,27-29H2,1-2H3,(H,40,44). The Hall–Kier alpha value is -4.63. The molecule has 8 nitrogen and oxygen atoms in total. The van der Waals surface area contributed by atoms with Crippen LogP contribution in [0.15, 0.2) is 114 Å². The zero-order valence-electron chi connectivity index (χ0n) is 27.8. The molecule has 0 aliphatic heterocycles. The number of amides is 2. The molecule has 2 amide bonds. The number of nitrogens with zero attached hydrogens (tertiary/aromatic N) is 2. The van der Waals surface area contributed by atoms with Crippen molar-refractivity contribution in [2.45, 2.75) is 75.9 Å². The number of hydrogen-bond acceptors (Lipinski definition) is 5. The molecule has 1 saturated carbocycles. The first-order valence-electron chi connectivity index (χ1n) is 16.7. The van der Waals surface area contributed by atoms with Gasteiger partial charge in [0.25, 0.3) is 10.0 Å². The van der Waals surface area contributed by atoms with E-state index in [1.165, 1.54) is 12.1 Å². The Balaban J connectivity index is 1.55. The molecule has 1 fully saturated rings. The van der Waals surface area contributed by atoms with Crippen LogP contribution < -0.4 is 14.4 Å². The molecule has 9 heteroatoms. The number of nitrogens with one attached hydrogen (secondary N) is 1. The van der Waals surface area contributed by atoms with E-state index in [1.54, 1.807) is 47.4 Å². The van der Waals surface area contributed by atoms with Crippen LogP contribution in [-0.2, 0) is 32.6 Å². The van der Waals surface area contributed by atoms with E-state index in [0.717, 1.165) is 53.1 Å². The van der Waals surface area contributed by atoms with Crippen LogP contribution >= 0.6 is 0 Å². The molecule has 252 valence electrons. The Morgan fingerprint density at radius 1 is 0.812 bits per heavy atom. The maximum Gasteiger partial charge on any atom is 0.264 e. The number of hydrogen-bond donors (Lipinski definition) is 1. The van der Waals surface area contributed by atoms with Gasteiger partial charge in [0, 0.05) is 19.0 Å². The first-order valence-corrected chi connectivity index (χ1v) is 18.2. The van der Waals surface area contributed by atoms with E-state index < -0.39 is 28.5 Å². The maximum absolute atomic E-state index is 14.7. The minimum atomic E-state index is -4.17. The molecule has 1 atom stereocenters. The number of benzene rings is 4. The molecule has 1 N–H and O–H groups in total. The molecule has 5 rings (SSSR count). The summed E-state index contributed by atoms with van der Waals surface area (Å²) >= 11 is 0. The minimum absolute atomic E-state index is 0.0414. The highest BCUT2D eigenvalue weighted by molar-refractivity contribution is 7.92. The van der Waals surface area contributed by atoms with E-state index in [2.05, 4.69) is 5.32 Å². The predicted octanol–water partition coefficient (Wildman–Crippen LogP) is 6.68. The van der Waals surface area contributed by atoms with Gasteiger partial charge in [0.15, 0.2) is 0 Å². The lowest BCUT2D eigenvalue weighted by Crippen LogP contribution is -2.55. The van der Waals surface area contributed by atoms with Crippen molar-refractivity contribution >= 4 is 27.5 Å². The van der Waals surface area contributed by atoms with Crippen LogP contribution in [0, 0.1) is 6.92 Å². The quantitative estimate of drug-likeness (QED) is 0.162. The molecule has 0 radical (unpaired) electrons. The molecular weight excluding hydrogens is 623 g/mol. The third kappa shape index (κ3) is 9.04. The highest BCUT2D eigenvalue weighted by atomic mass is 32.2. The van der Waals surface area contributed by atoms with Gasteiger partial charge in [0.2, 0.25) is 11.8 Å². The van der Waals surface area contributed by atoms with Crippen LogP contribution in [-0.4, -0.2) is 50.4 Å². The van der Waals surface area contributed by atoms with Crippen molar-refractivity contribution in [1.29, 1.82) is 0 Å². The van der Waals surface area contributed by atoms with E-state index in [4.69, 9.17) is 4.74 Å². The third-order valence-corrected chi connectivity index (χ3v) is 10.5. The third-order valence-electron chi connectivity index (χ3n) is 8.74. The van der Waals surface area contributed by atoms with E-state index in [0.29, 0.717) is 18.0 Å². The first kappa shape index (κ1) is 34.7. The monoisotopic (exact) mass is 667 g/mol. The molecule has 1 aliphatic carbocycles. The summed E-state index contributed by atoms with van der Waals surface area (Å²) in [5.74, 6) is -0.124. The molecule has 4 aromatic rings.